The number of hydrogen-bond donors (Lipinski definition) is 1. The van der Waals surface area contributed by atoms with Crippen molar-refractivity contribution in [1.29, 1.82) is 0 Å². The number of anilines is 1. The number of methoxy groups -OCH3 is 1. The number of benzene rings is 2. The second kappa shape index (κ2) is 10.7. The Bertz CT molecular complexity index is 1010. The van der Waals surface area contributed by atoms with Crippen molar-refractivity contribution in [2.24, 2.45) is 0 Å². The molecular weight excluding hydrogens is 411 g/mol. The van der Waals surface area contributed by atoms with Gasteiger partial charge in [0.25, 0.3) is 5.91 Å². The number of amides is 1. The van der Waals surface area contributed by atoms with E-state index in [0.29, 0.717) is 23.7 Å². The molecular formula is C21H21FN2O7. The Kier molecular flexibility index (Phi) is 8.07. The van der Waals surface area contributed by atoms with Crippen LogP contribution < -0.4 is 14.8 Å². The van der Waals surface area contributed by atoms with Crippen LogP contribution in [0.2, 0.25) is 0 Å². The van der Waals surface area contributed by atoms with Crippen molar-refractivity contribution in [2.45, 2.75) is 20.0 Å². The van der Waals surface area contributed by atoms with Crippen molar-refractivity contribution in [1.82, 2.24) is 0 Å². The molecule has 1 N–H and O–H groups in total. The van der Waals surface area contributed by atoms with Crippen LogP contribution in [0.5, 0.6) is 11.5 Å². The first-order chi connectivity index (χ1) is 14.7. The minimum absolute atomic E-state index is 0.00183. The lowest BCUT2D eigenvalue weighted by Crippen LogP contribution is -2.29. The van der Waals surface area contributed by atoms with Crippen LogP contribution in [0.1, 0.15) is 19.4 Å². The predicted octanol–water partition coefficient (Wildman–Crippen LogP) is 3.72. The van der Waals surface area contributed by atoms with Crippen molar-refractivity contribution < 1.29 is 33.1 Å². The molecule has 1 amide bonds. The fourth-order valence-corrected chi connectivity index (χ4v) is 2.47. The van der Waals surface area contributed by atoms with E-state index in [4.69, 9.17) is 14.2 Å². The summed E-state index contributed by atoms with van der Waals surface area (Å²) >= 11 is 0. The molecule has 10 heteroatoms. The first-order valence-electron chi connectivity index (χ1n) is 9.19. The van der Waals surface area contributed by atoms with Crippen LogP contribution in [0.3, 0.4) is 0 Å². The molecule has 0 aliphatic carbocycles. The highest BCUT2D eigenvalue weighted by Gasteiger charge is 2.19. The third-order valence-corrected chi connectivity index (χ3v) is 3.97. The number of esters is 1. The van der Waals surface area contributed by atoms with E-state index in [1.54, 1.807) is 18.2 Å². The van der Waals surface area contributed by atoms with Crippen LogP contribution in [0.25, 0.3) is 6.08 Å². The molecule has 0 radical (unpaired) electrons. The molecule has 31 heavy (non-hydrogen) atoms. The molecule has 1 unspecified atom stereocenters. The largest absolute Gasteiger partial charge is 0.493 e. The molecule has 0 saturated heterocycles. The van der Waals surface area contributed by atoms with E-state index in [9.17, 15) is 24.1 Å². The molecule has 0 aromatic heterocycles. The van der Waals surface area contributed by atoms with Crippen LogP contribution in [0.15, 0.2) is 42.5 Å². The summed E-state index contributed by atoms with van der Waals surface area (Å²) in [6.07, 6.45) is 1.42. The van der Waals surface area contributed by atoms with Gasteiger partial charge in [-0.1, -0.05) is 6.07 Å². The van der Waals surface area contributed by atoms with Crippen molar-refractivity contribution >= 4 is 29.3 Å². The van der Waals surface area contributed by atoms with Gasteiger partial charge in [0, 0.05) is 17.8 Å². The highest BCUT2D eigenvalue weighted by atomic mass is 19.1. The van der Waals surface area contributed by atoms with Gasteiger partial charge in [-0.05, 0) is 49.8 Å². The lowest BCUT2D eigenvalue weighted by molar-refractivity contribution is -0.387. The summed E-state index contributed by atoms with van der Waals surface area (Å²) in [6, 6.07) is 7.99. The second-order valence-electron chi connectivity index (χ2n) is 6.17. The topological polar surface area (TPSA) is 117 Å². The van der Waals surface area contributed by atoms with Gasteiger partial charge in [-0.3, -0.25) is 14.9 Å². The number of carbonyl (C=O) groups is 2. The Morgan fingerprint density at radius 2 is 1.97 bits per heavy atom. The Labute approximate surface area is 177 Å². The van der Waals surface area contributed by atoms with Gasteiger partial charge in [0.15, 0.2) is 17.6 Å². The van der Waals surface area contributed by atoms with E-state index < -0.39 is 34.4 Å². The number of nitrogens with zero attached hydrogens (tertiary/aromatic N) is 1. The Balaban J connectivity index is 1.98. The molecule has 9 nitrogen and oxygen atoms in total. The minimum atomic E-state index is -1.20. The molecule has 2 aromatic rings. The number of halogens is 1. The number of hydrogen-bond acceptors (Lipinski definition) is 7. The highest BCUT2D eigenvalue weighted by Crippen LogP contribution is 2.28. The van der Waals surface area contributed by atoms with E-state index in [0.717, 1.165) is 24.3 Å². The Morgan fingerprint density at radius 3 is 2.61 bits per heavy atom. The van der Waals surface area contributed by atoms with E-state index in [1.165, 1.54) is 20.1 Å². The molecule has 164 valence electrons. The van der Waals surface area contributed by atoms with Crippen molar-refractivity contribution in [3.05, 3.63) is 64.0 Å². The van der Waals surface area contributed by atoms with E-state index in [1.807, 2.05) is 6.92 Å². The van der Waals surface area contributed by atoms with Crippen LogP contribution in [0, 0.1) is 15.9 Å². The monoisotopic (exact) mass is 432 g/mol. The van der Waals surface area contributed by atoms with E-state index in [-0.39, 0.29) is 5.69 Å². The maximum absolute atomic E-state index is 13.4. The summed E-state index contributed by atoms with van der Waals surface area (Å²) in [6.45, 7) is 3.65. The Hall–Kier alpha value is -3.95. The van der Waals surface area contributed by atoms with E-state index >= 15 is 0 Å². The van der Waals surface area contributed by atoms with Crippen molar-refractivity contribution in [2.75, 3.05) is 19.0 Å². The fourth-order valence-electron chi connectivity index (χ4n) is 2.47. The lowest BCUT2D eigenvalue weighted by Gasteiger charge is -2.12. The smallest absolute Gasteiger partial charge is 0.331 e. The zero-order chi connectivity index (χ0) is 23.0. The van der Waals surface area contributed by atoms with Gasteiger partial charge in [0.1, 0.15) is 0 Å². The summed E-state index contributed by atoms with van der Waals surface area (Å²) in [4.78, 5) is 34.0. The summed E-state index contributed by atoms with van der Waals surface area (Å²) in [5, 5.41) is 13.1. The van der Waals surface area contributed by atoms with Gasteiger partial charge in [-0.2, -0.15) is 4.39 Å². The van der Waals surface area contributed by atoms with Crippen LogP contribution in [-0.2, 0) is 14.3 Å². The molecule has 1 atom stereocenters. The zero-order valence-electron chi connectivity index (χ0n) is 17.1. The SMILES string of the molecule is CCOc1ccc(/C=C/C(=O)OC(C)C(=O)Nc2ccc(F)c([N+](=O)[O-])c2)cc1OC. The molecule has 0 bridgehead atoms. The van der Waals surface area contributed by atoms with Gasteiger partial charge in [-0.25, -0.2) is 4.79 Å². The standard InChI is InChI=1S/C21H21FN2O7/c1-4-30-18-9-5-14(11-19(18)29-3)6-10-20(25)31-13(2)21(26)23-15-7-8-16(22)17(12-15)24(27)28/h5-13H,4H2,1-3H3,(H,23,26)/b10-6+. The minimum Gasteiger partial charge on any atom is -0.493 e. The van der Waals surface area contributed by atoms with Gasteiger partial charge in [-0.15, -0.1) is 0 Å². The van der Waals surface area contributed by atoms with Crippen LogP contribution >= 0.6 is 0 Å². The second-order valence-corrected chi connectivity index (χ2v) is 6.17. The summed E-state index contributed by atoms with van der Waals surface area (Å²) in [5.41, 5.74) is -0.137. The molecule has 2 aromatic carbocycles. The number of nitro groups is 1. The van der Waals surface area contributed by atoms with Crippen LogP contribution in [-0.4, -0.2) is 36.6 Å². The number of rotatable bonds is 9. The zero-order valence-corrected chi connectivity index (χ0v) is 17.1. The molecule has 0 aliphatic rings. The molecule has 2 rings (SSSR count). The third kappa shape index (κ3) is 6.53. The average molecular weight is 432 g/mol. The number of ether oxygens (including phenoxy) is 3. The number of carbonyl (C=O) groups excluding carboxylic acids is 2. The summed E-state index contributed by atoms with van der Waals surface area (Å²) in [7, 11) is 1.50. The Morgan fingerprint density at radius 1 is 1.23 bits per heavy atom. The fraction of sp³-hybridized carbons (Fsp3) is 0.238. The molecule has 0 spiro atoms. The maximum atomic E-state index is 13.4. The molecule has 0 saturated carbocycles. The van der Waals surface area contributed by atoms with Gasteiger partial charge < -0.3 is 19.5 Å². The van der Waals surface area contributed by atoms with Crippen molar-refractivity contribution in [3.8, 4) is 11.5 Å². The van der Waals surface area contributed by atoms with Gasteiger partial charge >= 0.3 is 11.7 Å². The average Bonchev–Trinajstić information content (AvgIpc) is 2.74. The molecule has 0 heterocycles. The maximum Gasteiger partial charge on any atom is 0.331 e. The lowest BCUT2D eigenvalue weighted by atomic mass is 10.2. The first kappa shape index (κ1) is 23.3. The molecule has 0 aliphatic heterocycles. The molecule has 0 fully saturated rings. The van der Waals surface area contributed by atoms with Gasteiger partial charge in [0.2, 0.25) is 5.82 Å². The normalized spacial score (nSPS) is 11.6. The summed E-state index contributed by atoms with van der Waals surface area (Å²) in [5.74, 6) is -1.47. The van der Waals surface area contributed by atoms with Gasteiger partial charge in [0.05, 0.1) is 18.6 Å². The van der Waals surface area contributed by atoms with E-state index in [2.05, 4.69) is 5.32 Å². The predicted molar refractivity (Wildman–Crippen MR) is 110 cm³/mol. The third-order valence-electron chi connectivity index (χ3n) is 3.97. The highest BCUT2D eigenvalue weighted by molar-refractivity contribution is 5.96. The first-order valence-corrected chi connectivity index (χ1v) is 9.19. The summed E-state index contributed by atoms with van der Waals surface area (Å²) < 4.78 is 29.1. The van der Waals surface area contributed by atoms with Crippen molar-refractivity contribution in [3.63, 3.8) is 0 Å². The number of nitrogens with one attached hydrogen (secondary N) is 1. The van der Waals surface area contributed by atoms with Crippen LogP contribution in [0.4, 0.5) is 15.8 Å². The number of nitro benzene ring substituents is 1. The quantitative estimate of drug-likeness (QED) is 0.278.